The first-order valence-electron chi connectivity index (χ1n) is 4.80. The van der Waals surface area contributed by atoms with Crippen LogP contribution in [0, 0.1) is 11.6 Å². The van der Waals surface area contributed by atoms with Crippen molar-refractivity contribution in [3.8, 4) is 11.3 Å². The molecule has 0 fully saturated rings. The van der Waals surface area contributed by atoms with Crippen LogP contribution in [0.25, 0.3) is 11.3 Å². The van der Waals surface area contributed by atoms with Crippen molar-refractivity contribution in [1.29, 1.82) is 0 Å². The Morgan fingerprint density at radius 1 is 1.22 bits per heavy atom. The zero-order chi connectivity index (χ0) is 13.3. The molecule has 0 radical (unpaired) electrons. The van der Waals surface area contributed by atoms with Crippen LogP contribution in [-0.2, 0) is 0 Å². The average molecular weight is 252 g/mol. The second kappa shape index (κ2) is 4.40. The number of furan rings is 1. The van der Waals surface area contributed by atoms with Crippen molar-refractivity contribution in [3.05, 3.63) is 47.2 Å². The molecule has 92 valence electrons. The zero-order valence-corrected chi connectivity index (χ0v) is 8.81. The molecule has 1 heterocycles. The molecule has 4 nitrogen and oxygen atoms in total. The van der Waals surface area contributed by atoms with Crippen LogP contribution in [0.2, 0.25) is 0 Å². The van der Waals surface area contributed by atoms with Crippen LogP contribution in [0.5, 0.6) is 0 Å². The number of carbonyl (C=O) groups excluding carboxylic acids is 1. The van der Waals surface area contributed by atoms with E-state index in [1.54, 1.807) is 0 Å². The molecule has 1 aromatic carbocycles. The Hall–Kier alpha value is -2.50. The van der Waals surface area contributed by atoms with Gasteiger partial charge in [-0.15, -0.1) is 0 Å². The Morgan fingerprint density at radius 2 is 1.94 bits per heavy atom. The Morgan fingerprint density at radius 3 is 2.50 bits per heavy atom. The molecule has 0 saturated carbocycles. The van der Waals surface area contributed by atoms with Gasteiger partial charge >= 0.3 is 5.97 Å². The first-order chi connectivity index (χ1) is 8.52. The second-order valence-corrected chi connectivity index (χ2v) is 3.44. The van der Waals surface area contributed by atoms with Gasteiger partial charge in [-0.3, -0.25) is 4.79 Å². The van der Waals surface area contributed by atoms with Crippen LogP contribution in [0.1, 0.15) is 20.9 Å². The van der Waals surface area contributed by atoms with Gasteiger partial charge in [0.05, 0.1) is 11.1 Å². The van der Waals surface area contributed by atoms with Crippen molar-refractivity contribution < 1.29 is 27.9 Å². The number of halogens is 2. The normalized spacial score (nSPS) is 10.3. The number of benzene rings is 1. The van der Waals surface area contributed by atoms with Gasteiger partial charge in [-0.1, -0.05) is 0 Å². The molecule has 0 unspecified atom stereocenters. The van der Waals surface area contributed by atoms with Crippen LogP contribution in [-0.4, -0.2) is 17.4 Å². The maximum absolute atomic E-state index is 13.5. The third kappa shape index (κ3) is 2.00. The van der Waals surface area contributed by atoms with Gasteiger partial charge in [-0.05, 0) is 18.2 Å². The van der Waals surface area contributed by atoms with E-state index in [2.05, 4.69) is 0 Å². The van der Waals surface area contributed by atoms with Crippen LogP contribution in [0.4, 0.5) is 8.78 Å². The summed E-state index contributed by atoms with van der Waals surface area (Å²) in [6, 6.07) is 3.87. The summed E-state index contributed by atoms with van der Waals surface area (Å²) in [4.78, 5) is 21.2. The quantitative estimate of drug-likeness (QED) is 0.853. The third-order valence-corrected chi connectivity index (χ3v) is 2.30. The number of hydrogen-bond donors (Lipinski definition) is 1. The topological polar surface area (TPSA) is 67.5 Å². The minimum atomic E-state index is -1.52. The molecule has 0 amide bonds. The fraction of sp³-hybridized carbons (Fsp3) is 0. The van der Waals surface area contributed by atoms with Gasteiger partial charge in [-0.25, -0.2) is 13.6 Å². The van der Waals surface area contributed by atoms with Crippen molar-refractivity contribution in [2.75, 3.05) is 0 Å². The lowest BCUT2D eigenvalue weighted by molar-refractivity contribution is 0.0691. The third-order valence-electron chi connectivity index (χ3n) is 2.30. The highest BCUT2D eigenvalue weighted by molar-refractivity contribution is 5.89. The molecule has 0 atom stereocenters. The number of rotatable bonds is 3. The van der Waals surface area contributed by atoms with Crippen molar-refractivity contribution in [2.24, 2.45) is 0 Å². The molecule has 1 N–H and O–H groups in total. The average Bonchev–Trinajstić information content (AvgIpc) is 2.77. The monoisotopic (exact) mass is 252 g/mol. The molecular formula is C12H6F2O4. The van der Waals surface area contributed by atoms with Gasteiger partial charge < -0.3 is 9.52 Å². The SMILES string of the molecule is O=Cc1ccc(-c2cc(C(=O)O)c(F)cc2F)o1. The smallest absolute Gasteiger partial charge is 0.338 e. The predicted molar refractivity (Wildman–Crippen MR) is 56.4 cm³/mol. The van der Waals surface area contributed by atoms with E-state index in [0.29, 0.717) is 12.4 Å². The molecular weight excluding hydrogens is 246 g/mol. The summed E-state index contributed by atoms with van der Waals surface area (Å²) in [5.74, 6) is -3.74. The maximum Gasteiger partial charge on any atom is 0.338 e. The summed E-state index contributed by atoms with van der Waals surface area (Å²) >= 11 is 0. The Labute approximate surface area is 99.5 Å². The highest BCUT2D eigenvalue weighted by atomic mass is 19.1. The first kappa shape index (κ1) is 12.0. The number of carboxylic acid groups (broad SMARTS) is 1. The van der Waals surface area contributed by atoms with Crippen molar-refractivity contribution in [2.45, 2.75) is 0 Å². The van der Waals surface area contributed by atoms with Crippen LogP contribution in [0.15, 0.2) is 28.7 Å². The van der Waals surface area contributed by atoms with Crippen molar-refractivity contribution in [3.63, 3.8) is 0 Å². The van der Waals surface area contributed by atoms with Gasteiger partial charge in [0.25, 0.3) is 0 Å². The molecule has 2 rings (SSSR count). The van der Waals surface area contributed by atoms with Gasteiger partial charge in [0.15, 0.2) is 12.0 Å². The minimum absolute atomic E-state index is 0.0365. The van der Waals surface area contributed by atoms with Crippen LogP contribution in [0.3, 0.4) is 0 Å². The first-order valence-corrected chi connectivity index (χ1v) is 4.80. The van der Waals surface area contributed by atoms with E-state index >= 15 is 0 Å². The summed E-state index contributed by atoms with van der Waals surface area (Å²) < 4.78 is 31.6. The molecule has 0 aliphatic heterocycles. The van der Waals surface area contributed by atoms with E-state index in [9.17, 15) is 18.4 Å². The van der Waals surface area contributed by atoms with Crippen molar-refractivity contribution >= 4 is 12.3 Å². The highest BCUT2D eigenvalue weighted by Gasteiger charge is 2.18. The van der Waals surface area contributed by atoms with E-state index < -0.39 is 23.2 Å². The molecule has 0 bridgehead atoms. The molecule has 0 saturated heterocycles. The van der Waals surface area contributed by atoms with Gasteiger partial charge in [0.1, 0.15) is 17.4 Å². The molecule has 1 aromatic heterocycles. The summed E-state index contributed by atoms with van der Waals surface area (Å²) in [5.41, 5.74) is -0.891. The lowest BCUT2D eigenvalue weighted by atomic mass is 10.1. The number of aldehydes is 1. The van der Waals surface area contributed by atoms with E-state index in [1.807, 2.05) is 0 Å². The van der Waals surface area contributed by atoms with E-state index in [4.69, 9.17) is 9.52 Å². The fourth-order valence-electron chi connectivity index (χ4n) is 1.46. The van der Waals surface area contributed by atoms with Crippen LogP contribution >= 0.6 is 0 Å². The molecule has 6 heteroatoms. The lowest BCUT2D eigenvalue weighted by Gasteiger charge is -2.03. The molecule has 18 heavy (non-hydrogen) atoms. The number of aromatic carboxylic acids is 1. The van der Waals surface area contributed by atoms with E-state index in [0.717, 1.165) is 6.07 Å². The Kier molecular flexibility index (Phi) is 2.93. The van der Waals surface area contributed by atoms with Crippen molar-refractivity contribution in [1.82, 2.24) is 0 Å². The van der Waals surface area contributed by atoms with Gasteiger partial charge in [-0.2, -0.15) is 0 Å². The maximum atomic E-state index is 13.5. The standard InChI is InChI=1S/C12H6F2O4/c13-9-4-10(14)8(12(16)17)3-7(9)11-2-1-6(5-15)18-11/h1-5H,(H,16,17). The van der Waals surface area contributed by atoms with E-state index in [-0.39, 0.29) is 17.1 Å². The summed E-state index contributed by atoms with van der Waals surface area (Å²) in [6.07, 6.45) is 0.420. The van der Waals surface area contributed by atoms with Gasteiger partial charge in [0, 0.05) is 6.07 Å². The highest BCUT2D eigenvalue weighted by Crippen LogP contribution is 2.27. The molecule has 0 spiro atoms. The van der Waals surface area contributed by atoms with E-state index in [1.165, 1.54) is 12.1 Å². The predicted octanol–water partition coefficient (Wildman–Crippen LogP) is 2.74. The van der Waals surface area contributed by atoms with Crippen LogP contribution < -0.4 is 0 Å². The minimum Gasteiger partial charge on any atom is -0.478 e. The summed E-state index contributed by atoms with van der Waals surface area (Å²) in [5, 5.41) is 8.73. The molecule has 0 aliphatic rings. The number of carboxylic acids is 1. The molecule has 0 aliphatic carbocycles. The summed E-state index contributed by atoms with van der Waals surface area (Å²) in [6.45, 7) is 0. The fourth-order valence-corrected chi connectivity index (χ4v) is 1.46. The summed E-state index contributed by atoms with van der Waals surface area (Å²) in [7, 11) is 0. The number of carbonyl (C=O) groups is 2. The largest absolute Gasteiger partial charge is 0.478 e. The number of hydrogen-bond acceptors (Lipinski definition) is 3. The Balaban J connectivity index is 2.59. The Bertz CT molecular complexity index is 631. The zero-order valence-electron chi connectivity index (χ0n) is 8.81. The second-order valence-electron chi connectivity index (χ2n) is 3.44. The lowest BCUT2D eigenvalue weighted by Crippen LogP contribution is -2.02. The molecule has 2 aromatic rings. The van der Waals surface area contributed by atoms with Gasteiger partial charge in [0.2, 0.25) is 0 Å².